The van der Waals surface area contributed by atoms with Gasteiger partial charge in [-0.1, -0.05) is 24.3 Å². The number of ether oxygens (including phenoxy) is 2. The van der Waals surface area contributed by atoms with Crippen LogP contribution in [0.25, 0.3) is 0 Å². The molecule has 0 bridgehead atoms. The van der Waals surface area contributed by atoms with Gasteiger partial charge < -0.3 is 14.9 Å². The molecule has 0 amide bonds. The Morgan fingerprint density at radius 3 is 1.48 bits per heavy atom. The molecule has 2 aromatic rings. The van der Waals surface area contributed by atoms with E-state index in [0.29, 0.717) is 11.1 Å². The van der Waals surface area contributed by atoms with Crippen LogP contribution in [-0.2, 0) is 0 Å². The molecule has 0 aliphatic rings. The minimum absolute atomic E-state index is 0. The van der Waals surface area contributed by atoms with Crippen molar-refractivity contribution < 1.29 is 32.5 Å². The van der Waals surface area contributed by atoms with Gasteiger partial charge in [0, 0.05) is 0 Å². The zero-order chi connectivity index (χ0) is 17.4. The van der Waals surface area contributed by atoms with E-state index in [9.17, 15) is 17.6 Å². The van der Waals surface area contributed by atoms with Crippen molar-refractivity contribution in [1.82, 2.24) is 0 Å². The summed E-state index contributed by atoms with van der Waals surface area (Å²) in [6.07, 6.45) is 2.68. The molecule has 0 aliphatic carbocycles. The molecule has 2 N–H and O–H groups in total. The lowest BCUT2D eigenvalue weighted by molar-refractivity contribution is -0.0505. The molecule has 0 radical (unpaired) electrons. The molecule has 0 atom stereocenters. The Bertz CT molecular complexity index is 663. The average molecular weight is 358 g/mol. The molecule has 5 nitrogen and oxygen atoms in total. The fourth-order valence-electron chi connectivity index (χ4n) is 1.74. The van der Waals surface area contributed by atoms with Crippen LogP contribution in [0.15, 0.2) is 58.7 Å². The molecule has 0 aromatic heterocycles. The quantitative estimate of drug-likeness (QED) is 0.431. The van der Waals surface area contributed by atoms with Gasteiger partial charge >= 0.3 is 13.2 Å². The van der Waals surface area contributed by atoms with Gasteiger partial charge in [-0.25, -0.2) is 0 Å². The Morgan fingerprint density at radius 2 is 1.12 bits per heavy atom. The number of halogens is 4. The van der Waals surface area contributed by atoms with Crippen LogP contribution in [0.2, 0.25) is 0 Å². The number of alkyl halides is 4. The predicted octanol–water partition coefficient (Wildman–Crippen LogP) is 3.52. The van der Waals surface area contributed by atoms with E-state index in [1.807, 2.05) is 0 Å². The SMILES string of the molecule is FC(F)Oc1cccc(/C=N/N=C/c2cccc(OC(F)F)c2)c1.O. The third kappa shape index (κ3) is 7.44. The second-order valence-corrected chi connectivity index (χ2v) is 4.39. The zero-order valence-electron chi connectivity index (χ0n) is 12.7. The van der Waals surface area contributed by atoms with Crippen LogP contribution in [0.1, 0.15) is 11.1 Å². The summed E-state index contributed by atoms with van der Waals surface area (Å²) in [7, 11) is 0. The van der Waals surface area contributed by atoms with Gasteiger partial charge in [0.1, 0.15) is 11.5 Å². The van der Waals surface area contributed by atoms with Gasteiger partial charge in [-0.3, -0.25) is 0 Å². The minimum Gasteiger partial charge on any atom is -0.435 e. The molecule has 25 heavy (non-hydrogen) atoms. The van der Waals surface area contributed by atoms with E-state index in [1.165, 1.54) is 48.8 Å². The van der Waals surface area contributed by atoms with Crippen molar-refractivity contribution in [2.75, 3.05) is 0 Å². The van der Waals surface area contributed by atoms with Crippen molar-refractivity contribution in [2.45, 2.75) is 13.2 Å². The highest BCUT2D eigenvalue weighted by atomic mass is 19.3. The third-order valence-electron chi connectivity index (χ3n) is 2.65. The third-order valence-corrected chi connectivity index (χ3v) is 2.65. The van der Waals surface area contributed by atoms with Crippen LogP contribution in [0.4, 0.5) is 17.6 Å². The first-order valence-electron chi connectivity index (χ1n) is 6.69. The lowest BCUT2D eigenvalue weighted by Gasteiger charge is -2.04. The highest BCUT2D eigenvalue weighted by Gasteiger charge is 2.04. The first kappa shape index (κ1) is 20.1. The Morgan fingerprint density at radius 1 is 0.720 bits per heavy atom. The molecule has 0 saturated heterocycles. The van der Waals surface area contributed by atoms with Crippen LogP contribution in [-0.4, -0.2) is 31.1 Å². The van der Waals surface area contributed by atoms with Gasteiger partial charge in [0.2, 0.25) is 0 Å². The van der Waals surface area contributed by atoms with Crippen molar-refractivity contribution in [2.24, 2.45) is 10.2 Å². The van der Waals surface area contributed by atoms with E-state index >= 15 is 0 Å². The summed E-state index contributed by atoms with van der Waals surface area (Å²) in [6, 6.07) is 11.9. The second kappa shape index (κ2) is 10.0. The molecule has 0 aliphatic heterocycles. The molecule has 0 heterocycles. The van der Waals surface area contributed by atoms with E-state index in [2.05, 4.69) is 19.7 Å². The maximum absolute atomic E-state index is 12.1. The van der Waals surface area contributed by atoms with Crippen molar-refractivity contribution in [3.8, 4) is 11.5 Å². The van der Waals surface area contributed by atoms with Crippen molar-refractivity contribution in [3.63, 3.8) is 0 Å². The van der Waals surface area contributed by atoms with Gasteiger partial charge in [-0.2, -0.15) is 27.8 Å². The molecule has 0 spiro atoms. The number of nitrogens with zero attached hydrogens (tertiary/aromatic N) is 2. The predicted molar refractivity (Wildman–Crippen MR) is 84.9 cm³/mol. The van der Waals surface area contributed by atoms with Gasteiger partial charge in [-0.05, 0) is 35.4 Å². The van der Waals surface area contributed by atoms with E-state index in [-0.39, 0.29) is 17.0 Å². The van der Waals surface area contributed by atoms with Crippen molar-refractivity contribution >= 4 is 12.4 Å². The summed E-state index contributed by atoms with van der Waals surface area (Å²) in [5, 5.41) is 7.52. The largest absolute Gasteiger partial charge is 0.435 e. The van der Waals surface area contributed by atoms with Crippen LogP contribution < -0.4 is 9.47 Å². The van der Waals surface area contributed by atoms with E-state index in [0.717, 1.165) is 0 Å². The van der Waals surface area contributed by atoms with Crippen LogP contribution in [0.3, 0.4) is 0 Å². The van der Waals surface area contributed by atoms with Gasteiger partial charge in [0.05, 0.1) is 12.4 Å². The first-order valence-corrected chi connectivity index (χ1v) is 6.69. The summed E-state index contributed by atoms with van der Waals surface area (Å²) in [6.45, 7) is -5.81. The van der Waals surface area contributed by atoms with Crippen LogP contribution in [0.5, 0.6) is 11.5 Å². The Hall–Kier alpha value is -2.94. The maximum Gasteiger partial charge on any atom is 0.387 e. The number of hydrogen-bond acceptors (Lipinski definition) is 4. The Balaban J connectivity index is 0.00000312. The second-order valence-electron chi connectivity index (χ2n) is 4.39. The van der Waals surface area contributed by atoms with Crippen molar-refractivity contribution in [1.29, 1.82) is 0 Å². The normalized spacial score (nSPS) is 11.3. The molecular formula is C16H14F4N2O3. The van der Waals surface area contributed by atoms with Gasteiger partial charge in [-0.15, -0.1) is 0 Å². The van der Waals surface area contributed by atoms with Crippen molar-refractivity contribution in [3.05, 3.63) is 59.7 Å². The molecule has 0 unspecified atom stereocenters. The Labute approximate surface area is 140 Å². The summed E-state index contributed by atoms with van der Waals surface area (Å²) < 4.78 is 57.0. The summed E-state index contributed by atoms with van der Waals surface area (Å²) in [5.74, 6) is 0.0181. The lowest BCUT2D eigenvalue weighted by atomic mass is 10.2. The number of hydrogen-bond donors (Lipinski definition) is 0. The van der Waals surface area contributed by atoms with E-state index in [1.54, 1.807) is 12.1 Å². The van der Waals surface area contributed by atoms with E-state index in [4.69, 9.17) is 0 Å². The van der Waals surface area contributed by atoms with Crippen LogP contribution >= 0.6 is 0 Å². The molecular weight excluding hydrogens is 344 g/mol. The van der Waals surface area contributed by atoms with E-state index < -0.39 is 13.2 Å². The monoisotopic (exact) mass is 358 g/mol. The fraction of sp³-hybridized carbons (Fsp3) is 0.125. The lowest BCUT2D eigenvalue weighted by Crippen LogP contribution is -2.02. The van der Waals surface area contributed by atoms with Crippen LogP contribution in [0, 0.1) is 0 Å². The molecule has 134 valence electrons. The highest BCUT2D eigenvalue weighted by molar-refractivity contribution is 5.83. The number of benzene rings is 2. The van der Waals surface area contributed by atoms with Gasteiger partial charge in [0.15, 0.2) is 0 Å². The summed E-state index contributed by atoms with van der Waals surface area (Å²) >= 11 is 0. The average Bonchev–Trinajstić information content (AvgIpc) is 2.51. The minimum atomic E-state index is -2.90. The molecule has 2 aromatic carbocycles. The van der Waals surface area contributed by atoms with Gasteiger partial charge in [0.25, 0.3) is 0 Å². The maximum atomic E-state index is 12.1. The first-order chi connectivity index (χ1) is 11.5. The molecule has 9 heteroatoms. The summed E-state index contributed by atoms with van der Waals surface area (Å²) in [4.78, 5) is 0. The number of rotatable bonds is 7. The fourth-order valence-corrected chi connectivity index (χ4v) is 1.74. The molecule has 0 fully saturated rings. The standard InChI is InChI=1S/C16H12F4N2O2.H2O/c17-15(18)23-13-5-1-3-11(7-13)9-21-22-10-12-4-2-6-14(8-12)24-16(19)20;/h1-10,15-16H;1H2/b21-9+,22-10+;. The smallest absolute Gasteiger partial charge is 0.387 e. The highest BCUT2D eigenvalue weighted by Crippen LogP contribution is 2.16. The Kier molecular flexibility index (Phi) is 8.07. The molecule has 0 saturated carbocycles. The topological polar surface area (TPSA) is 74.7 Å². The zero-order valence-corrected chi connectivity index (χ0v) is 12.7. The summed E-state index contributed by atoms with van der Waals surface area (Å²) in [5.41, 5.74) is 1.03. The molecule has 2 rings (SSSR count).